The quantitative estimate of drug-likeness (QED) is 0.110. The predicted molar refractivity (Wildman–Crippen MR) is 190 cm³/mol. The molecule has 2 bridgehead atoms. The molecule has 11 nitrogen and oxygen atoms in total. The van der Waals surface area contributed by atoms with Crippen molar-refractivity contribution >= 4 is 40.1 Å². The summed E-state index contributed by atoms with van der Waals surface area (Å²) >= 11 is 0. The van der Waals surface area contributed by atoms with Gasteiger partial charge in [-0.15, -0.1) is 0 Å². The van der Waals surface area contributed by atoms with Crippen LogP contribution < -0.4 is 23.8 Å². The molecule has 0 N–H and O–H groups in total. The first-order chi connectivity index (χ1) is 25.8. The van der Waals surface area contributed by atoms with Gasteiger partial charge in [-0.1, -0.05) is 78.9 Å². The molecule has 260 valence electrons. The molecule has 3 aliphatic heterocycles. The molecule has 0 unspecified atom stereocenters. The molecule has 0 spiro atoms. The summed E-state index contributed by atoms with van der Waals surface area (Å²) in [4.78, 5) is 59.4. The Bertz CT molecular complexity index is 2360. The monoisotopic (exact) mass is 704 g/mol. The zero-order valence-electron chi connectivity index (χ0n) is 28.1. The molecule has 1 saturated carbocycles. The van der Waals surface area contributed by atoms with Crippen molar-refractivity contribution in [3.05, 3.63) is 153 Å². The van der Waals surface area contributed by atoms with Crippen molar-refractivity contribution in [2.75, 3.05) is 18.5 Å². The number of ether oxygens (including phenoxy) is 4. The highest BCUT2D eigenvalue weighted by atomic mass is 16.7. The van der Waals surface area contributed by atoms with Crippen LogP contribution in [0.2, 0.25) is 0 Å². The number of allylic oxidation sites excluding steroid dienone is 2. The van der Waals surface area contributed by atoms with Crippen LogP contribution in [0.25, 0.3) is 11.1 Å². The van der Waals surface area contributed by atoms with E-state index in [9.17, 15) is 10.1 Å². The molecular weight excluding hydrogens is 676 g/mol. The fourth-order valence-corrected chi connectivity index (χ4v) is 9.42. The lowest BCUT2D eigenvalue weighted by Gasteiger charge is -2.39. The van der Waals surface area contributed by atoms with Crippen molar-refractivity contribution in [2.45, 2.75) is 17.8 Å². The number of nitro benzene ring substituents is 1. The van der Waals surface area contributed by atoms with Crippen LogP contribution in [-0.4, -0.2) is 36.1 Å². The predicted octanol–water partition coefficient (Wildman–Crippen LogP) is 6.55. The molecule has 5 aliphatic rings. The van der Waals surface area contributed by atoms with E-state index in [0.717, 1.165) is 4.90 Å². The van der Waals surface area contributed by atoms with E-state index >= 15 is 14.4 Å². The maximum absolute atomic E-state index is 16.2. The highest BCUT2D eigenvalue weighted by Gasteiger charge is 2.83. The van der Waals surface area contributed by atoms with Gasteiger partial charge in [0, 0.05) is 11.6 Å². The molecule has 53 heavy (non-hydrogen) atoms. The Kier molecular flexibility index (Phi) is 6.37. The van der Waals surface area contributed by atoms with Gasteiger partial charge in [0.05, 0.1) is 33.3 Å². The van der Waals surface area contributed by atoms with Crippen LogP contribution in [0, 0.1) is 28.9 Å². The van der Waals surface area contributed by atoms with E-state index in [2.05, 4.69) is 0 Å². The molecule has 4 atom stereocenters. The van der Waals surface area contributed by atoms with Crippen molar-refractivity contribution in [3.8, 4) is 23.0 Å². The first-order valence-corrected chi connectivity index (χ1v) is 17.1. The number of carbonyl (C=O) groups excluding carboxylic acids is 3. The van der Waals surface area contributed by atoms with Gasteiger partial charge in [-0.3, -0.25) is 24.5 Å². The van der Waals surface area contributed by atoms with Gasteiger partial charge in [0.25, 0.3) is 5.69 Å². The lowest BCUT2D eigenvalue weighted by Crippen LogP contribution is -2.45. The Labute approximate surface area is 302 Å². The summed E-state index contributed by atoms with van der Waals surface area (Å²) in [6, 6.07) is 33.4. The number of rotatable bonds is 6. The Morgan fingerprint density at radius 2 is 1.09 bits per heavy atom. The second kappa shape index (κ2) is 10.9. The van der Waals surface area contributed by atoms with Crippen LogP contribution in [0.3, 0.4) is 0 Å². The summed E-state index contributed by atoms with van der Waals surface area (Å²) in [5, 5.41) is 12.1. The van der Waals surface area contributed by atoms with Gasteiger partial charge in [0.15, 0.2) is 28.8 Å². The van der Waals surface area contributed by atoms with E-state index in [1.807, 2.05) is 84.9 Å². The van der Waals surface area contributed by atoms with Crippen molar-refractivity contribution < 1.29 is 38.3 Å². The first-order valence-electron chi connectivity index (χ1n) is 17.1. The Morgan fingerprint density at radius 1 is 0.623 bits per heavy atom. The molecule has 1 saturated heterocycles. The minimum absolute atomic E-state index is 0.0267. The molecule has 0 radical (unpaired) electrons. The zero-order chi connectivity index (χ0) is 36.2. The van der Waals surface area contributed by atoms with E-state index in [4.69, 9.17) is 18.9 Å². The fourth-order valence-electron chi connectivity index (χ4n) is 9.42. The topological polar surface area (TPSA) is 135 Å². The summed E-state index contributed by atoms with van der Waals surface area (Å²) in [5.41, 5.74) is 0.236. The second-order valence-electron chi connectivity index (χ2n) is 13.8. The number of hydrogen-bond donors (Lipinski definition) is 0. The standard InChI is InChI=1S/C42H28N2O9/c1-23-12-15-28(20-29(23)44(48)49)43-38(45)36-37(39(43)46)42(27-10-6-3-7-11-27)35(25-14-17-31-33(19-25)53-22-51-31)34(24-13-16-30-32(18-24)52-21-50-30)41(36,40(42)47)26-8-4-2-5-9-26/h2-20,36-37H,21-22H2,1H3/t36-,37-,41-,42-/m0/s1. The van der Waals surface area contributed by atoms with E-state index in [-0.39, 0.29) is 30.7 Å². The zero-order valence-corrected chi connectivity index (χ0v) is 28.1. The van der Waals surface area contributed by atoms with Gasteiger partial charge < -0.3 is 18.9 Å². The molecule has 3 heterocycles. The average molecular weight is 705 g/mol. The lowest BCUT2D eigenvalue weighted by molar-refractivity contribution is -0.385. The summed E-state index contributed by atoms with van der Waals surface area (Å²) in [6.07, 6.45) is 0. The summed E-state index contributed by atoms with van der Waals surface area (Å²) < 4.78 is 23.0. The Balaban J connectivity index is 1.35. The molecule has 10 rings (SSSR count). The number of fused-ring (bicyclic) bond motifs is 7. The van der Waals surface area contributed by atoms with E-state index in [0.29, 0.717) is 62.0 Å². The largest absolute Gasteiger partial charge is 0.454 e. The molecule has 11 heteroatoms. The molecule has 2 amide bonds. The smallest absolute Gasteiger partial charge is 0.274 e. The van der Waals surface area contributed by atoms with Gasteiger partial charge >= 0.3 is 0 Å². The Morgan fingerprint density at radius 3 is 1.57 bits per heavy atom. The molecular formula is C42H28N2O9. The molecule has 2 aliphatic carbocycles. The number of amides is 2. The number of carbonyl (C=O) groups is 3. The Hall–Kier alpha value is -6.75. The number of imide groups is 1. The van der Waals surface area contributed by atoms with E-state index < -0.39 is 39.4 Å². The number of anilines is 1. The van der Waals surface area contributed by atoms with Crippen LogP contribution in [0.5, 0.6) is 23.0 Å². The van der Waals surface area contributed by atoms with Crippen LogP contribution in [0.4, 0.5) is 11.4 Å². The van der Waals surface area contributed by atoms with Gasteiger partial charge in [0.1, 0.15) is 0 Å². The van der Waals surface area contributed by atoms with E-state index in [1.165, 1.54) is 18.2 Å². The van der Waals surface area contributed by atoms with Crippen LogP contribution >= 0.6 is 0 Å². The SMILES string of the molecule is Cc1ccc(N2C(=O)[C@@H]3[C@@H](C2=O)[C@@]2(c4ccccc4)C(=O)[C@@]3(c3ccccc3)C(c3ccc4c(c3)OCO4)=C2c2ccc3c(c2)OCO3)cc1[N+](=O)[O-]. The van der Waals surface area contributed by atoms with Crippen LogP contribution in [-0.2, 0) is 25.2 Å². The summed E-state index contributed by atoms with van der Waals surface area (Å²) in [5.74, 6) is -1.94. The number of hydrogen-bond acceptors (Lipinski definition) is 9. The first kappa shape index (κ1) is 31.0. The van der Waals surface area contributed by atoms with Crippen molar-refractivity contribution in [1.82, 2.24) is 0 Å². The molecule has 2 fully saturated rings. The minimum atomic E-state index is -1.70. The van der Waals surface area contributed by atoms with Crippen LogP contribution in [0.15, 0.2) is 115 Å². The van der Waals surface area contributed by atoms with Gasteiger partial charge in [-0.25, -0.2) is 4.90 Å². The third-order valence-electron chi connectivity index (χ3n) is 11.4. The van der Waals surface area contributed by atoms with Crippen molar-refractivity contribution in [2.24, 2.45) is 11.8 Å². The molecule has 5 aromatic rings. The highest BCUT2D eigenvalue weighted by Crippen LogP contribution is 2.74. The maximum Gasteiger partial charge on any atom is 0.274 e. The van der Waals surface area contributed by atoms with E-state index in [1.54, 1.807) is 19.1 Å². The molecule has 5 aromatic carbocycles. The number of aryl methyl sites for hydroxylation is 1. The van der Waals surface area contributed by atoms with Gasteiger partial charge in [-0.05, 0) is 70.7 Å². The number of nitrogens with zero attached hydrogens (tertiary/aromatic N) is 2. The van der Waals surface area contributed by atoms with Gasteiger partial charge in [0.2, 0.25) is 25.4 Å². The van der Waals surface area contributed by atoms with Crippen LogP contribution in [0.1, 0.15) is 27.8 Å². The third-order valence-corrected chi connectivity index (χ3v) is 11.4. The lowest BCUT2D eigenvalue weighted by atomic mass is 9.59. The number of ketones is 1. The number of nitro groups is 1. The number of benzene rings is 5. The maximum atomic E-state index is 16.2. The number of Topliss-reactive ketones (excluding diaryl/α,β-unsaturated/α-hetero) is 1. The molecule has 0 aromatic heterocycles. The summed E-state index contributed by atoms with van der Waals surface area (Å²) in [6.45, 7) is 1.65. The third kappa shape index (κ3) is 3.85. The second-order valence-corrected chi connectivity index (χ2v) is 13.8. The minimum Gasteiger partial charge on any atom is -0.454 e. The summed E-state index contributed by atoms with van der Waals surface area (Å²) in [7, 11) is 0. The van der Waals surface area contributed by atoms with Crippen molar-refractivity contribution in [3.63, 3.8) is 0 Å². The normalized spacial score (nSPS) is 24.7. The highest BCUT2D eigenvalue weighted by molar-refractivity contribution is 6.39. The van der Waals surface area contributed by atoms with Crippen molar-refractivity contribution in [1.29, 1.82) is 0 Å². The fraction of sp³-hybridized carbons (Fsp3) is 0.167. The van der Waals surface area contributed by atoms with Gasteiger partial charge in [-0.2, -0.15) is 0 Å². The average Bonchev–Trinajstić information content (AvgIpc) is 3.99.